The fraction of sp³-hybridized carbons (Fsp3) is 0.448. The van der Waals surface area contributed by atoms with Crippen LogP contribution in [0.4, 0.5) is 32.0 Å². The van der Waals surface area contributed by atoms with Gasteiger partial charge in [0.1, 0.15) is 0 Å². The molecule has 0 bridgehead atoms. The second-order valence-corrected chi connectivity index (χ2v) is 11.8. The Hall–Kier alpha value is -3.23. The molecule has 43 heavy (non-hydrogen) atoms. The van der Waals surface area contributed by atoms with Crippen molar-refractivity contribution in [3.8, 4) is 0 Å². The van der Waals surface area contributed by atoms with Crippen molar-refractivity contribution >= 4 is 35.4 Å². The molecule has 1 aliphatic carbocycles. The average Bonchev–Trinajstić information content (AvgIpc) is 2.93. The first-order chi connectivity index (χ1) is 20.2. The van der Waals surface area contributed by atoms with Crippen molar-refractivity contribution in [2.24, 2.45) is 5.92 Å². The van der Waals surface area contributed by atoms with Crippen LogP contribution < -0.4 is 10.7 Å². The van der Waals surface area contributed by atoms with E-state index >= 15 is 0 Å². The van der Waals surface area contributed by atoms with Crippen LogP contribution in [-0.4, -0.2) is 66.2 Å². The summed E-state index contributed by atoms with van der Waals surface area (Å²) in [6.07, 6.45) is -6.95. The number of carbonyl (C=O) groups excluding carboxylic acids is 1. The minimum Gasteiger partial charge on any atom is -0.481 e. The number of alkyl halides is 6. The Morgan fingerprint density at radius 2 is 1.58 bits per heavy atom. The van der Waals surface area contributed by atoms with Crippen molar-refractivity contribution in [3.63, 3.8) is 0 Å². The Morgan fingerprint density at radius 1 is 0.930 bits per heavy atom. The number of piperazine rings is 1. The number of carboxylic acid groups (broad SMARTS) is 1. The number of likely N-dealkylation sites (N-methyl/N-ethyl adjacent to an activating group) is 1. The number of benzene rings is 2. The van der Waals surface area contributed by atoms with Gasteiger partial charge in [0.2, 0.25) is 0 Å². The number of hydrogen-bond donors (Lipinski definition) is 3. The molecule has 4 rings (SSSR count). The van der Waals surface area contributed by atoms with Crippen molar-refractivity contribution in [1.29, 1.82) is 0 Å². The van der Waals surface area contributed by atoms with Crippen LogP contribution in [0.3, 0.4) is 0 Å². The predicted molar refractivity (Wildman–Crippen MR) is 150 cm³/mol. The Kier molecular flexibility index (Phi) is 10.3. The third kappa shape index (κ3) is 8.89. The summed E-state index contributed by atoms with van der Waals surface area (Å²) < 4.78 is 85.3. The van der Waals surface area contributed by atoms with Gasteiger partial charge in [-0.3, -0.25) is 15.0 Å². The molecule has 0 aromatic heterocycles. The van der Waals surface area contributed by atoms with Crippen LogP contribution in [0.25, 0.3) is 6.08 Å². The Balaban J connectivity index is 1.56. The van der Waals surface area contributed by atoms with E-state index in [1.165, 1.54) is 6.07 Å². The fourth-order valence-electron chi connectivity index (χ4n) is 5.18. The molecule has 0 atom stereocenters. The first kappa shape index (κ1) is 32.7. The molecule has 2 fully saturated rings. The predicted octanol–water partition coefficient (Wildman–Crippen LogP) is 6.22. The molecule has 7 nitrogen and oxygen atoms in total. The van der Waals surface area contributed by atoms with Crippen LogP contribution >= 0.6 is 11.8 Å². The normalized spacial score (nSPS) is 20.7. The summed E-state index contributed by atoms with van der Waals surface area (Å²) in [6, 6.07) is 8.22. The molecule has 1 aliphatic heterocycles. The van der Waals surface area contributed by atoms with Crippen molar-refractivity contribution in [2.45, 2.75) is 53.9 Å². The van der Waals surface area contributed by atoms with Gasteiger partial charge in [-0.05, 0) is 68.6 Å². The van der Waals surface area contributed by atoms with E-state index < -0.39 is 51.7 Å². The lowest BCUT2D eigenvalue weighted by Gasteiger charge is -2.32. The number of nitrogens with zero attached hydrogens (tertiary/aromatic N) is 2. The first-order valence-corrected chi connectivity index (χ1v) is 14.5. The summed E-state index contributed by atoms with van der Waals surface area (Å²) in [4.78, 5) is 25.2. The second-order valence-electron chi connectivity index (χ2n) is 10.7. The molecule has 0 radical (unpaired) electrons. The van der Waals surface area contributed by atoms with Gasteiger partial charge in [0.25, 0.3) is 5.91 Å². The zero-order valence-electron chi connectivity index (χ0n) is 23.3. The van der Waals surface area contributed by atoms with E-state index in [0.29, 0.717) is 69.3 Å². The number of carboxylic acids is 1. The van der Waals surface area contributed by atoms with Crippen molar-refractivity contribution < 1.29 is 41.0 Å². The van der Waals surface area contributed by atoms with E-state index in [2.05, 4.69) is 10.7 Å². The molecule has 0 spiro atoms. The van der Waals surface area contributed by atoms with E-state index in [1.54, 1.807) is 23.2 Å². The number of amides is 1. The highest BCUT2D eigenvalue weighted by atomic mass is 32.2. The molecule has 0 unspecified atom stereocenters. The molecule has 2 aliphatic rings. The maximum absolute atomic E-state index is 14.3. The second kappa shape index (κ2) is 13.6. The minimum absolute atomic E-state index is 0.0297. The Morgan fingerprint density at radius 3 is 2.19 bits per heavy atom. The molecular formula is C29H32F6N4O3S. The van der Waals surface area contributed by atoms with Crippen molar-refractivity contribution in [3.05, 3.63) is 59.2 Å². The Bertz CT molecular complexity index is 1330. The first-order valence-electron chi connectivity index (χ1n) is 13.7. The summed E-state index contributed by atoms with van der Waals surface area (Å²) in [5, 5.41) is 14.0. The van der Waals surface area contributed by atoms with Gasteiger partial charge in [0.05, 0.1) is 17.0 Å². The standard InChI is InChI=1S/C29H32F6N4O3S/c1-38-13-15-39(16-14-38)37-24(40)12-8-18-7-11-23(26(29(33,34)35)25(18)28(30,31)32)43-22-4-2-3-21(17-22)36-20-9-5-19(6-10-20)27(41)42/h2-4,7-8,11-12,17,19-20,36H,5-6,9-10,13-16H2,1H3,(H,37,40)(H,41,42)/b12-8+. The number of halogens is 6. The monoisotopic (exact) mass is 630 g/mol. The molecule has 234 valence electrons. The van der Waals surface area contributed by atoms with Gasteiger partial charge in [0, 0.05) is 53.8 Å². The maximum Gasteiger partial charge on any atom is 0.418 e. The van der Waals surface area contributed by atoms with Gasteiger partial charge < -0.3 is 15.3 Å². The van der Waals surface area contributed by atoms with E-state index in [1.807, 2.05) is 11.9 Å². The minimum atomic E-state index is -5.35. The third-order valence-corrected chi connectivity index (χ3v) is 8.51. The molecule has 14 heteroatoms. The van der Waals surface area contributed by atoms with Crippen molar-refractivity contribution in [2.75, 3.05) is 38.5 Å². The van der Waals surface area contributed by atoms with Crippen LogP contribution in [0.5, 0.6) is 0 Å². The lowest BCUT2D eigenvalue weighted by atomic mass is 9.86. The van der Waals surface area contributed by atoms with Crippen LogP contribution in [0.1, 0.15) is 42.4 Å². The van der Waals surface area contributed by atoms with Crippen LogP contribution in [0, 0.1) is 5.92 Å². The molecule has 2 aromatic rings. The SMILES string of the molecule is CN1CCN(NC(=O)/C=C/c2ccc(Sc3cccc(NC4CCC(C(=O)O)CC4)c3)c(C(F)(F)F)c2C(F)(F)F)CC1. The number of aliphatic carboxylic acids is 1. The largest absolute Gasteiger partial charge is 0.481 e. The smallest absolute Gasteiger partial charge is 0.418 e. The number of hydrazine groups is 1. The third-order valence-electron chi connectivity index (χ3n) is 7.46. The highest BCUT2D eigenvalue weighted by Crippen LogP contribution is 2.48. The zero-order valence-corrected chi connectivity index (χ0v) is 24.1. The van der Waals surface area contributed by atoms with E-state index in [0.717, 1.165) is 24.3 Å². The lowest BCUT2D eigenvalue weighted by molar-refractivity contribution is -0.163. The molecule has 3 N–H and O–H groups in total. The van der Waals surface area contributed by atoms with Gasteiger partial charge >= 0.3 is 18.3 Å². The van der Waals surface area contributed by atoms with Gasteiger partial charge in [0.15, 0.2) is 0 Å². The highest BCUT2D eigenvalue weighted by Gasteiger charge is 2.46. The number of hydrogen-bond acceptors (Lipinski definition) is 6. The van der Waals surface area contributed by atoms with Gasteiger partial charge in [-0.25, -0.2) is 5.01 Å². The van der Waals surface area contributed by atoms with E-state index in [-0.39, 0.29) is 10.9 Å². The fourth-order valence-corrected chi connectivity index (χ4v) is 6.23. The van der Waals surface area contributed by atoms with E-state index in [4.69, 9.17) is 0 Å². The number of rotatable bonds is 8. The highest BCUT2D eigenvalue weighted by molar-refractivity contribution is 7.99. The van der Waals surface area contributed by atoms with Gasteiger partial charge in [-0.15, -0.1) is 0 Å². The molecular weight excluding hydrogens is 598 g/mol. The molecule has 1 saturated heterocycles. The maximum atomic E-state index is 14.3. The number of nitrogens with one attached hydrogen (secondary N) is 2. The number of anilines is 1. The quantitative estimate of drug-likeness (QED) is 0.236. The van der Waals surface area contributed by atoms with Gasteiger partial charge in [-0.2, -0.15) is 26.3 Å². The molecule has 1 heterocycles. The Labute approximate surface area is 249 Å². The van der Waals surface area contributed by atoms with Crippen molar-refractivity contribution in [1.82, 2.24) is 15.3 Å². The molecule has 2 aromatic carbocycles. The van der Waals surface area contributed by atoms with Gasteiger partial charge in [-0.1, -0.05) is 23.9 Å². The summed E-state index contributed by atoms with van der Waals surface area (Å²) >= 11 is 0.557. The summed E-state index contributed by atoms with van der Waals surface area (Å²) in [6.45, 7) is 2.33. The van der Waals surface area contributed by atoms with Crippen LogP contribution in [0.2, 0.25) is 0 Å². The summed E-state index contributed by atoms with van der Waals surface area (Å²) in [7, 11) is 1.91. The van der Waals surface area contributed by atoms with Crippen LogP contribution in [0.15, 0.2) is 52.3 Å². The summed E-state index contributed by atoms with van der Waals surface area (Å²) in [5.41, 5.74) is -1.35. The molecule has 1 amide bonds. The lowest BCUT2D eigenvalue weighted by Crippen LogP contribution is -2.52. The molecule has 1 saturated carbocycles. The average molecular weight is 631 g/mol. The zero-order chi connectivity index (χ0) is 31.4. The topological polar surface area (TPSA) is 84.9 Å². The van der Waals surface area contributed by atoms with E-state index in [9.17, 15) is 41.0 Å². The number of carbonyl (C=O) groups is 2. The summed E-state index contributed by atoms with van der Waals surface area (Å²) in [5.74, 6) is -2.00. The van der Waals surface area contributed by atoms with Crippen LogP contribution in [-0.2, 0) is 21.9 Å².